The molecule has 3 aliphatic heterocycles. The fourth-order valence-corrected chi connectivity index (χ4v) is 4.55. The van der Waals surface area contributed by atoms with Gasteiger partial charge in [-0.2, -0.15) is 4.98 Å². The molecular weight excluding hydrogens is 390 g/mol. The summed E-state index contributed by atoms with van der Waals surface area (Å²) >= 11 is 0. The van der Waals surface area contributed by atoms with Crippen molar-refractivity contribution in [2.75, 3.05) is 42.6 Å². The number of hydrogen-bond donors (Lipinski definition) is 1. The van der Waals surface area contributed by atoms with E-state index in [4.69, 9.17) is 14.7 Å². The number of phenolic OH excluding ortho intramolecular Hbond substituents is 1. The maximum atomic E-state index is 10.1. The molecule has 0 unspecified atom stereocenters. The van der Waals surface area contributed by atoms with Crippen molar-refractivity contribution < 1.29 is 9.84 Å². The molecule has 0 bridgehead atoms. The number of aromatic hydroxyl groups is 1. The summed E-state index contributed by atoms with van der Waals surface area (Å²) in [5.41, 5.74) is 6.33. The lowest BCUT2D eigenvalue weighted by molar-refractivity contribution is 0.122. The van der Waals surface area contributed by atoms with Gasteiger partial charge >= 0.3 is 0 Å². The molecular formula is C24H23N5O2. The minimum Gasteiger partial charge on any atom is -0.508 e. The molecule has 3 aliphatic rings. The molecule has 0 atom stereocenters. The van der Waals surface area contributed by atoms with Gasteiger partial charge in [-0.1, -0.05) is 18.2 Å². The van der Waals surface area contributed by atoms with Crippen molar-refractivity contribution in [3.05, 3.63) is 53.6 Å². The first kappa shape index (κ1) is 18.3. The lowest BCUT2D eigenvalue weighted by Gasteiger charge is -2.28. The van der Waals surface area contributed by atoms with Crippen LogP contribution in [-0.4, -0.2) is 54.1 Å². The van der Waals surface area contributed by atoms with E-state index in [0.29, 0.717) is 19.2 Å². The van der Waals surface area contributed by atoms with Crippen LogP contribution in [0.4, 0.5) is 23.1 Å². The number of morpholine rings is 1. The number of benzene rings is 2. The summed E-state index contributed by atoms with van der Waals surface area (Å²) in [6, 6.07) is 13.8. The molecule has 4 heterocycles. The number of rotatable bonds is 3. The van der Waals surface area contributed by atoms with Crippen LogP contribution in [0.2, 0.25) is 0 Å². The van der Waals surface area contributed by atoms with Crippen LogP contribution in [0.15, 0.2) is 47.5 Å². The standard InChI is InChI=1S/C24H23N5O2/c30-19-3-1-2-17(14-19)22-20-7-9-29(18-5-4-16-6-8-25-21(16)15-18)23(20)27-24(26-22)28-10-12-31-13-11-28/h1-5,8,14-15,30H,6-7,9-13H2. The SMILES string of the molecule is Oc1cccc(-c2nc(N3CCOCC3)nc3c2CCN3c2ccc3c(c2)N=CC3)c1. The zero-order chi connectivity index (χ0) is 20.8. The summed E-state index contributed by atoms with van der Waals surface area (Å²) in [6.07, 6.45) is 3.71. The molecule has 0 spiro atoms. The molecule has 0 amide bonds. The Kier molecular flexibility index (Phi) is 4.35. The predicted octanol–water partition coefficient (Wildman–Crippen LogP) is 3.64. The second-order valence-electron chi connectivity index (χ2n) is 8.05. The van der Waals surface area contributed by atoms with Gasteiger partial charge in [-0.05, 0) is 36.2 Å². The fourth-order valence-electron chi connectivity index (χ4n) is 4.55. The lowest BCUT2D eigenvalue weighted by atomic mass is 10.1. The predicted molar refractivity (Wildman–Crippen MR) is 121 cm³/mol. The molecule has 1 N–H and O–H groups in total. The number of ether oxygens (including phenoxy) is 1. The van der Waals surface area contributed by atoms with Crippen molar-refractivity contribution in [2.24, 2.45) is 4.99 Å². The molecule has 1 fully saturated rings. The minimum atomic E-state index is 0.240. The van der Waals surface area contributed by atoms with Crippen LogP contribution in [0.25, 0.3) is 11.3 Å². The van der Waals surface area contributed by atoms with E-state index in [2.05, 4.69) is 33.0 Å². The molecule has 6 rings (SSSR count). The van der Waals surface area contributed by atoms with E-state index in [1.165, 1.54) is 5.56 Å². The number of anilines is 3. The number of hydrogen-bond acceptors (Lipinski definition) is 7. The Balaban J connectivity index is 1.49. The highest BCUT2D eigenvalue weighted by Crippen LogP contribution is 2.41. The van der Waals surface area contributed by atoms with E-state index < -0.39 is 0 Å². The molecule has 1 aromatic heterocycles. The second-order valence-corrected chi connectivity index (χ2v) is 8.05. The van der Waals surface area contributed by atoms with Crippen LogP contribution < -0.4 is 9.80 Å². The molecule has 0 saturated carbocycles. The molecule has 31 heavy (non-hydrogen) atoms. The van der Waals surface area contributed by atoms with E-state index in [0.717, 1.165) is 66.5 Å². The van der Waals surface area contributed by atoms with Gasteiger partial charge in [0.15, 0.2) is 0 Å². The quantitative estimate of drug-likeness (QED) is 0.707. The number of phenols is 1. The lowest BCUT2D eigenvalue weighted by Crippen LogP contribution is -2.37. The molecule has 156 valence electrons. The molecule has 2 aromatic carbocycles. The topological polar surface area (TPSA) is 74.1 Å². The van der Waals surface area contributed by atoms with Crippen molar-refractivity contribution in [1.29, 1.82) is 0 Å². The fraction of sp³-hybridized carbons (Fsp3) is 0.292. The monoisotopic (exact) mass is 413 g/mol. The average Bonchev–Trinajstić information content (AvgIpc) is 3.45. The highest BCUT2D eigenvalue weighted by molar-refractivity contribution is 5.81. The number of aliphatic imine (C=N–C) groups is 1. The van der Waals surface area contributed by atoms with Crippen LogP contribution in [-0.2, 0) is 17.6 Å². The van der Waals surface area contributed by atoms with Gasteiger partial charge in [-0.25, -0.2) is 4.98 Å². The molecule has 7 heteroatoms. The van der Waals surface area contributed by atoms with Crippen LogP contribution in [0.1, 0.15) is 11.1 Å². The molecule has 7 nitrogen and oxygen atoms in total. The molecule has 0 aliphatic carbocycles. The van der Waals surface area contributed by atoms with Crippen molar-refractivity contribution in [3.63, 3.8) is 0 Å². The first-order valence-electron chi connectivity index (χ1n) is 10.7. The summed E-state index contributed by atoms with van der Waals surface area (Å²) in [5.74, 6) is 1.90. The third-order valence-electron chi connectivity index (χ3n) is 6.15. The van der Waals surface area contributed by atoms with Gasteiger partial charge in [-0.15, -0.1) is 0 Å². The van der Waals surface area contributed by atoms with E-state index in [1.807, 2.05) is 18.3 Å². The Labute approximate surface area is 180 Å². The van der Waals surface area contributed by atoms with E-state index in [-0.39, 0.29) is 5.75 Å². The highest BCUT2D eigenvalue weighted by Gasteiger charge is 2.29. The third kappa shape index (κ3) is 3.21. The van der Waals surface area contributed by atoms with Crippen LogP contribution in [0.5, 0.6) is 5.75 Å². The normalized spacial score (nSPS) is 17.2. The first-order chi connectivity index (χ1) is 15.3. The zero-order valence-electron chi connectivity index (χ0n) is 17.2. The van der Waals surface area contributed by atoms with Crippen molar-refractivity contribution in [1.82, 2.24) is 9.97 Å². The summed E-state index contributed by atoms with van der Waals surface area (Å²) in [5, 5.41) is 10.1. The van der Waals surface area contributed by atoms with Gasteiger partial charge in [0.05, 0.1) is 24.6 Å². The van der Waals surface area contributed by atoms with Gasteiger partial charge in [0.1, 0.15) is 11.6 Å². The van der Waals surface area contributed by atoms with Gasteiger partial charge in [0.2, 0.25) is 5.95 Å². The Bertz CT molecular complexity index is 1190. The number of aromatic nitrogens is 2. The van der Waals surface area contributed by atoms with E-state index >= 15 is 0 Å². The summed E-state index contributed by atoms with van der Waals surface area (Å²) in [7, 11) is 0. The second kappa shape index (κ2) is 7.35. The number of nitrogens with zero attached hydrogens (tertiary/aromatic N) is 5. The molecule has 3 aromatic rings. The smallest absolute Gasteiger partial charge is 0.228 e. The van der Waals surface area contributed by atoms with Gasteiger partial charge in [0.25, 0.3) is 0 Å². The minimum absolute atomic E-state index is 0.240. The third-order valence-corrected chi connectivity index (χ3v) is 6.15. The summed E-state index contributed by atoms with van der Waals surface area (Å²) in [4.78, 5) is 18.9. The maximum Gasteiger partial charge on any atom is 0.228 e. The highest BCUT2D eigenvalue weighted by atomic mass is 16.5. The number of fused-ring (bicyclic) bond motifs is 2. The van der Waals surface area contributed by atoms with Crippen molar-refractivity contribution in [3.8, 4) is 17.0 Å². The van der Waals surface area contributed by atoms with E-state index in [9.17, 15) is 5.11 Å². The van der Waals surface area contributed by atoms with Gasteiger partial charge in [0, 0.05) is 49.1 Å². The van der Waals surface area contributed by atoms with Crippen molar-refractivity contribution in [2.45, 2.75) is 12.8 Å². The van der Waals surface area contributed by atoms with Gasteiger partial charge < -0.3 is 19.6 Å². The summed E-state index contributed by atoms with van der Waals surface area (Å²) in [6.45, 7) is 3.73. The Hall–Kier alpha value is -3.45. The summed E-state index contributed by atoms with van der Waals surface area (Å²) < 4.78 is 5.52. The zero-order valence-corrected chi connectivity index (χ0v) is 17.2. The Morgan fingerprint density at radius 3 is 2.74 bits per heavy atom. The van der Waals surface area contributed by atoms with Crippen LogP contribution in [0.3, 0.4) is 0 Å². The molecule has 1 saturated heterocycles. The Morgan fingerprint density at radius 2 is 1.87 bits per heavy atom. The largest absolute Gasteiger partial charge is 0.508 e. The maximum absolute atomic E-state index is 10.1. The average molecular weight is 413 g/mol. The van der Waals surface area contributed by atoms with Crippen molar-refractivity contribution >= 4 is 29.4 Å². The van der Waals surface area contributed by atoms with E-state index in [1.54, 1.807) is 12.1 Å². The van der Waals surface area contributed by atoms with Crippen LogP contribution in [0, 0.1) is 0 Å². The first-order valence-corrected chi connectivity index (χ1v) is 10.7. The molecule has 0 radical (unpaired) electrons. The van der Waals surface area contributed by atoms with Gasteiger partial charge in [-0.3, -0.25) is 4.99 Å². The Morgan fingerprint density at radius 1 is 0.968 bits per heavy atom. The van der Waals surface area contributed by atoms with Crippen LogP contribution >= 0.6 is 0 Å².